The first-order valence-electron chi connectivity index (χ1n) is 10.3. The first-order valence-corrected chi connectivity index (χ1v) is 10.3. The lowest BCUT2D eigenvalue weighted by molar-refractivity contribution is -0.140. The van der Waals surface area contributed by atoms with Crippen molar-refractivity contribution in [3.63, 3.8) is 0 Å². The van der Waals surface area contributed by atoms with E-state index in [0.717, 1.165) is 32.7 Å². The van der Waals surface area contributed by atoms with Crippen LogP contribution in [0.3, 0.4) is 0 Å². The van der Waals surface area contributed by atoms with Crippen LogP contribution in [0.15, 0.2) is 109 Å². The molecule has 4 rings (SSSR count). The fraction of sp³-hybridized carbons (Fsp3) is 0.0714. The number of allylic oxidation sites excluding steroid dienone is 2. The normalized spacial score (nSPS) is 11.4. The maximum absolute atomic E-state index is 11.9. The zero-order valence-corrected chi connectivity index (χ0v) is 17.4. The molecule has 0 amide bonds. The third-order valence-corrected chi connectivity index (χ3v) is 4.97. The summed E-state index contributed by atoms with van der Waals surface area (Å²) in [5.74, 6) is -0.959. The van der Waals surface area contributed by atoms with Gasteiger partial charge in [0.05, 0.1) is 0 Å². The Bertz CT molecular complexity index is 1210. The Hall–Kier alpha value is -4.18. The quantitative estimate of drug-likeness (QED) is 0.212. The molecule has 0 aliphatic rings. The number of hydrogen-bond acceptors (Lipinski definition) is 4. The third-order valence-electron chi connectivity index (χ3n) is 4.97. The summed E-state index contributed by atoms with van der Waals surface area (Å²) in [5, 5.41) is 4.48. The molecular weight excluding hydrogens is 400 g/mol. The van der Waals surface area contributed by atoms with Crippen molar-refractivity contribution in [2.45, 2.75) is 13.2 Å². The molecule has 0 saturated heterocycles. The summed E-state index contributed by atoms with van der Waals surface area (Å²) in [6.07, 6.45) is 5.46. The van der Waals surface area contributed by atoms with E-state index in [-0.39, 0.29) is 13.2 Å². The fourth-order valence-electron chi connectivity index (χ4n) is 3.33. The maximum Gasteiger partial charge on any atom is 0.331 e. The second-order valence-corrected chi connectivity index (χ2v) is 7.30. The molecule has 0 aliphatic carbocycles. The average molecular weight is 422 g/mol. The molecule has 0 atom stereocenters. The van der Waals surface area contributed by atoms with Crippen molar-refractivity contribution in [2.75, 3.05) is 0 Å². The Labute approximate surface area is 186 Å². The highest BCUT2D eigenvalue weighted by Gasteiger charge is 2.02. The fourth-order valence-corrected chi connectivity index (χ4v) is 3.33. The smallest absolute Gasteiger partial charge is 0.331 e. The molecule has 158 valence electrons. The average Bonchev–Trinajstić information content (AvgIpc) is 2.84. The molecule has 0 unspecified atom stereocenters. The van der Waals surface area contributed by atoms with E-state index in [2.05, 4.69) is 0 Å². The van der Waals surface area contributed by atoms with Gasteiger partial charge in [0.2, 0.25) is 0 Å². The lowest BCUT2D eigenvalue weighted by Crippen LogP contribution is -2.01. The summed E-state index contributed by atoms with van der Waals surface area (Å²) in [7, 11) is 0. The Balaban J connectivity index is 1.22. The molecule has 0 aromatic heterocycles. The molecule has 0 N–H and O–H groups in total. The van der Waals surface area contributed by atoms with Gasteiger partial charge in [-0.1, -0.05) is 84.9 Å². The van der Waals surface area contributed by atoms with Crippen molar-refractivity contribution in [1.82, 2.24) is 0 Å². The third kappa shape index (κ3) is 5.70. The van der Waals surface area contributed by atoms with Crippen LogP contribution >= 0.6 is 0 Å². The van der Waals surface area contributed by atoms with Gasteiger partial charge in [-0.2, -0.15) is 0 Å². The molecule has 0 heterocycles. The van der Waals surface area contributed by atoms with Crippen LogP contribution in [0.4, 0.5) is 0 Å². The van der Waals surface area contributed by atoms with E-state index >= 15 is 0 Å². The van der Waals surface area contributed by atoms with Gasteiger partial charge in [0.15, 0.2) is 0 Å². The minimum atomic E-state index is -0.479. The van der Waals surface area contributed by atoms with Gasteiger partial charge in [0, 0.05) is 12.2 Å². The highest BCUT2D eigenvalue weighted by molar-refractivity contribution is 5.85. The number of fused-ring (bicyclic) bond motifs is 2. The van der Waals surface area contributed by atoms with Gasteiger partial charge in [-0.05, 0) is 44.8 Å². The van der Waals surface area contributed by atoms with Gasteiger partial charge in [-0.15, -0.1) is 0 Å². The maximum atomic E-state index is 11.9. The number of esters is 2. The molecule has 0 fully saturated rings. The molecule has 0 bridgehead atoms. The number of carbonyl (C=O) groups is 2. The largest absolute Gasteiger partial charge is 0.458 e. The SMILES string of the molecule is O=C(/C=C\C=C/C(=O)OCc1ccc2ccccc2c1)OCc1ccc2ccccc2c1. The molecule has 4 aromatic carbocycles. The molecule has 0 spiro atoms. The predicted molar refractivity (Wildman–Crippen MR) is 126 cm³/mol. The van der Waals surface area contributed by atoms with Crippen LogP contribution in [-0.4, -0.2) is 11.9 Å². The molecule has 0 aliphatic heterocycles. The summed E-state index contributed by atoms with van der Waals surface area (Å²) in [6.45, 7) is 0.372. The van der Waals surface area contributed by atoms with E-state index in [1.54, 1.807) is 0 Å². The molecule has 0 saturated carbocycles. The van der Waals surface area contributed by atoms with E-state index in [9.17, 15) is 9.59 Å². The molecule has 0 radical (unpaired) electrons. The van der Waals surface area contributed by atoms with Crippen LogP contribution in [0.1, 0.15) is 11.1 Å². The number of hydrogen-bond donors (Lipinski definition) is 0. The van der Waals surface area contributed by atoms with E-state index in [0.29, 0.717) is 0 Å². The predicted octanol–water partition coefficient (Wildman–Crippen LogP) is 5.89. The van der Waals surface area contributed by atoms with Crippen molar-refractivity contribution in [3.05, 3.63) is 120 Å². The Morgan fingerprint density at radius 1 is 0.562 bits per heavy atom. The molecule has 4 aromatic rings. The topological polar surface area (TPSA) is 52.6 Å². The highest BCUT2D eigenvalue weighted by Crippen LogP contribution is 2.17. The zero-order chi connectivity index (χ0) is 22.2. The monoisotopic (exact) mass is 422 g/mol. The van der Waals surface area contributed by atoms with Gasteiger partial charge in [0.25, 0.3) is 0 Å². The van der Waals surface area contributed by atoms with Gasteiger partial charge in [-0.3, -0.25) is 0 Å². The van der Waals surface area contributed by atoms with Crippen LogP contribution in [0.5, 0.6) is 0 Å². The summed E-state index contributed by atoms with van der Waals surface area (Å²) in [5.41, 5.74) is 1.83. The second-order valence-electron chi connectivity index (χ2n) is 7.30. The minimum Gasteiger partial charge on any atom is -0.458 e. The van der Waals surface area contributed by atoms with E-state index in [4.69, 9.17) is 9.47 Å². The molecule has 4 nitrogen and oxygen atoms in total. The molecule has 32 heavy (non-hydrogen) atoms. The van der Waals surface area contributed by atoms with Crippen LogP contribution in [0.2, 0.25) is 0 Å². The van der Waals surface area contributed by atoms with Crippen molar-refractivity contribution in [1.29, 1.82) is 0 Å². The van der Waals surface area contributed by atoms with Gasteiger partial charge < -0.3 is 9.47 Å². The summed E-state index contributed by atoms with van der Waals surface area (Å²) >= 11 is 0. The van der Waals surface area contributed by atoms with E-state index in [1.807, 2.05) is 84.9 Å². The van der Waals surface area contributed by atoms with Crippen molar-refractivity contribution in [2.24, 2.45) is 0 Å². The standard InChI is InChI=1S/C28H22O4/c29-27(31-19-21-13-15-23-7-1-3-9-25(23)17-21)11-5-6-12-28(30)32-20-22-14-16-24-8-2-4-10-26(24)18-22/h1-18H,19-20H2/b11-5-,12-6-. The molecule has 4 heteroatoms. The zero-order valence-electron chi connectivity index (χ0n) is 17.4. The van der Waals surface area contributed by atoms with E-state index < -0.39 is 11.9 Å². The lowest BCUT2D eigenvalue weighted by Gasteiger charge is -2.04. The van der Waals surface area contributed by atoms with Crippen LogP contribution in [-0.2, 0) is 32.3 Å². The second kappa shape index (κ2) is 10.2. The van der Waals surface area contributed by atoms with Crippen molar-refractivity contribution in [3.8, 4) is 0 Å². The summed E-state index contributed by atoms with van der Waals surface area (Å²) < 4.78 is 10.5. The van der Waals surface area contributed by atoms with Crippen LogP contribution in [0, 0.1) is 0 Å². The van der Waals surface area contributed by atoms with Gasteiger partial charge in [-0.25, -0.2) is 9.59 Å². The summed E-state index contributed by atoms with van der Waals surface area (Å²) in [6, 6.07) is 27.9. The number of benzene rings is 4. The first-order chi connectivity index (χ1) is 15.7. The van der Waals surface area contributed by atoms with Crippen LogP contribution in [0.25, 0.3) is 21.5 Å². The Kier molecular flexibility index (Phi) is 6.73. The van der Waals surface area contributed by atoms with Gasteiger partial charge in [0.1, 0.15) is 13.2 Å². The van der Waals surface area contributed by atoms with Crippen LogP contribution < -0.4 is 0 Å². The first kappa shape index (κ1) is 21.1. The highest BCUT2D eigenvalue weighted by atomic mass is 16.5. The number of carbonyl (C=O) groups excluding carboxylic acids is 2. The Morgan fingerprint density at radius 3 is 1.41 bits per heavy atom. The van der Waals surface area contributed by atoms with E-state index in [1.165, 1.54) is 24.3 Å². The minimum absolute atomic E-state index is 0.186. The molecular formula is C28H22O4. The summed E-state index contributed by atoms with van der Waals surface area (Å²) in [4.78, 5) is 23.8. The Morgan fingerprint density at radius 2 is 0.969 bits per heavy atom. The lowest BCUT2D eigenvalue weighted by atomic mass is 10.1. The van der Waals surface area contributed by atoms with Crippen molar-refractivity contribution < 1.29 is 19.1 Å². The number of rotatable bonds is 7. The number of ether oxygens (including phenoxy) is 2. The van der Waals surface area contributed by atoms with Gasteiger partial charge >= 0.3 is 11.9 Å². The van der Waals surface area contributed by atoms with Crippen molar-refractivity contribution >= 4 is 33.5 Å².